The minimum absolute atomic E-state index is 0.451. The van der Waals surface area contributed by atoms with Crippen LogP contribution in [0.15, 0.2) is 11.6 Å². The molecule has 0 aromatic carbocycles. The van der Waals surface area contributed by atoms with Gasteiger partial charge in [-0.1, -0.05) is 78.4 Å². The molecule has 0 saturated heterocycles. The maximum atomic E-state index is 6.39. The van der Waals surface area contributed by atoms with Gasteiger partial charge in [0.15, 0.2) is 0 Å². The summed E-state index contributed by atoms with van der Waals surface area (Å²) in [6.45, 7) is 14.5. The number of rotatable bonds is 12. The monoisotopic (exact) mass is 485 g/mol. The molecule has 0 aliphatic heterocycles. The summed E-state index contributed by atoms with van der Waals surface area (Å²) in [6.07, 6.45) is 23.6. The van der Waals surface area contributed by atoms with Crippen molar-refractivity contribution in [1.82, 2.24) is 0 Å². The van der Waals surface area contributed by atoms with Crippen LogP contribution >= 0.6 is 0 Å². The SMILES string of the molecule is CC(C)CCC[C@@H](C)[C@H]1CC[C@H]2[C@@H]3CC=C4CC(OCCCCCCN)CC[C@]4(C)[C@H]3CC[C@]12C. The zero-order chi connectivity index (χ0) is 25.1. The van der Waals surface area contributed by atoms with Gasteiger partial charge in [-0.2, -0.15) is 0 Å². The Kier molecular flexibility index (Phi) is 9.51. The number of ether oxygens (including phenoxy) is 1. The summed E-state index contributed by atoms with van der Waals surface area (Å²) in [6, 6.07) is 0. The molecule has 1 unspecified atom stereocenters. The van der Waals surface area contributed by atoms with Crippen LogP contribution in [0.4, 0.5) is 0 Å². The average Bonchev–Trinajstić information content (AvgIpc) is 3.18. The minimum Gasteiger partial charge on any atom is -0.378 e. The van der Waals surface area contributed by atoms with Gasteiger partial charge in [-0.05, 0) is 117 Å². The molecule has 0 aromatic heterocycles. The molecule has 8 atom stereocenters. The average molecular weight is 486 g/mol. The Morgan fingerprint density at radius 1 is 0.914 bits per heavy atom. The van der Waals surface area contributed by atoms with Gasteiger partial charge in [0.25, 0.3) is 0 Å². The largest absolute Gasteiger partial charge is 0.378 e. The van der Waals surface area contributed by atoms with Crippen LogP contribution in [0.3, 0.4) is 0 Å². The van der Waals surface area contributed by atoms with E-state index >= 15 is 0 Å². The number of fused-ring (bicyclic) bond motifs is 5. The van der Waals surface area contributed by atoms with Crippen molar-refractivity contribution < 1.29 is 4.74 Å². The van der Waals surface area contributed by atoms with E-state index in [1.165, 1.54) is 89.9 Å². The Balaban J connectivity index is 1.34. The van der Waals surface area contributed by atoms with Crippen molar-refractivity contribution in [3.05, 3.63) is 11.6 Å². The second kappa shape index (κ2) is 12.0. The van der Waals surface area contributed by atoms with Gasteiger partial charge >= 0.3 is 0 Å². The molecular formula is C33H59NO. The minimum atomic E-state index is 0.451. The van der Waals surface area contributed by atoms with Crippen molar-refractivity contribution in [2.24, 2.45) is 52.1 Å². The van der Waals surface area contributed by atoms with Gasteiger partial charge in [0.1, 0.15) is 0 Å². The molecule has 0 spiro atoms. The summed E-state index contributed by atoms with van der Waals surface area (Å²) in [5.41, 5.74) is 8.45. The van der Waals surface area contributed by atoms with Gasteiger partial charge in [0.05, 0.1) is 6.10 Å². The lowest BCUT2D eigenvalue weighted by molar-refractivity contribution is -0.0641. The number of hydrogen-bond acceptors (Lipinski definition) is 2. The molecule has 3 saturated carbocycles. The molecule has 2 heteroatoms. The van der Waals surface area contributed by atoms with Crippen molar-refractivity contribution in [3.63, 3.8) is 0 Å². The predicted molar refractivity (Wildman–Crippen MR) is 150 cm³/mol. The van der Waals surface area contributed by atoms with Crippen molar-refractivity contribution in [2.45, 2.75) is 137 Å². The summed E-state index contributed by atoms with van der Waals surface area (Å²) < 4.78 is 6.39. The maximum absolute atomic E-state index is 6.39. The van der Waals surface area contributed by atoms with E-state index in [9.17, 15) is 0 Å². The normalized spacial score (nSPS) is 39.6. The quantitative estimate of drug-likeness (QED) is 0.221. The summed E-state index contributed by atoms with van der Waals surface area (Å²) in [5, 5.41) is 0. The maximum Gasteiger partial charge on any atom is 0.0612 e. The van der Waals surface area contributed by atoms with E-state index in [0.29, 0.717) is 16.9 Å². The van der Waals surface area contributed by atoms with E-state index in [4.69, 9.17) is 10.5 Å². The van der Waals surface area contributed by atoms with Crippen LogP contribution in [-0.4, -0.2) is 19.3 Å². The van der Waals surface area contributed by atoms with E-state index in [1.54, 1.807) is 5.57 Å². The Morgan fingerprint density at radius 2 is 1.71 bits per heavy atom. The highest BCUT2D eigenvalue weighted by Crippen LogP contribution is 2.67. The van der Waals surface area contributed by atoms with Gasteiger partial charge in [0.2, 0.25) is 0 Å². The van der Waals surface area contributed by atoms with Crippen molar-refractivity contribution in [1.29, 1.82) is 0 Å². The zero-order valence-corrected chi connectivity index (χ0v) is 24.1. The number of unbranched alkanes of at least 4 members (excludes halogenated alkanes) is 3. The second-order valence-electron chi connectivity index (χ2n) is 14.2. The van der Waals surface area contributed by atoms with Gasteiger partial charge in [0, 0.05) is 6.61 Å². The van der Waals surface area contributed by atoms with Gasteiger partial charge in [-0.25, -0.2) is 0 Å². The summed E-state index contributed by atoms with van der Waals surface area (Å²) in [4.78, 5) is 0. The molecule has 202 valence electrons. The first-order valence-electron chi connectivity index (χ1n) is 15.8. The van der Waals surface area contributed by atoms with Crippen LogP contribution in [-0.2, 0) is 4.74 Å². The molecule has 35 heavy (non-hydrogen) atoms. The fourth-order valence-corrected chi connectivity index (χ4v) is 9.64. The Morgan fingerprint density at radius 3 is 2.49 bits per heavy atom. The van der Waals surface area contributed by atoms with E-state index in [0.717, 1.165) is 55.1 Å². The van der Waals surface area contributed by atoms with Gasteiger partial charge < -0.3 is 10.5 Å². The predicted octanol–water partition coefficient (Wildman–Crippen LogP) is 8.93. The molecule has 2 nitrogen and oxygen atoms in total. The molecule has 4 aliphatic rings. The second-order valence-corrected chi connectivity index (χ2v) is 14.2. The first-order chi connectivity index (χ1) is 16.8. The highest BCUT2D eigenvalue weighted by molar-refractivity contribution is 5.25. The summed E-state index contributed by atoms with van der Waals surface area (Å²) in [7, 11) is 0. The third-order valence-electron chi connectivity index (χ3n) is 11.7. The smallest absolute Gasteiger partial charge is 0.0612 e. The molecule has 0 aromatic rings. The first-order valence-corrected chi connectivity index (χ1v) is 15.8. The Labute approximate surface area is 218 Å². The lowest BCUT2D eigenvalue weighted by Crippen LogP contribution is -2.51. The Hall–Kier alpha value is -0.340. The van der Waals surface area contributed by atoms with Crippen LogP contribution in [0.25, 0.3) is 0 Å². The molecule has 0 heterocycles. The van der Waals surface area contributed by atoms with Crippen LogP contribution in [0, 0.1) is 46.3 Å². The Bertz CT molecular complexity index is 699. The van der Waals surface area contributed by atoms with Crippen molar-refractivity contribution in [2.75, 3.05) is 13.2 Å². The number of nitrogens with two attached hydrogens (primary N) is 1. The molecule has 3 fully saturated rings. The highest BCUT2D eigenvalue weighted by atomic mass is 16.5. The standard InChI is InChI=1S/C33H59NO/c1-24(2)11-10-12-25(3)29-15-16-30-28-14-13-26-23-27(35-22-9-7-6-8-21-34)17-19-32(26,4)31(28)18-20-33(29,30)5/h13,24-25,27-31H,6-12,14-23,34H2,1-5H3/t25-,27?,28+,29-,30+,31+,32+,33-/m1/s1. The fraction of sp³-hybridized carbons (Fsp3) is 0.939. The first kappa shape index (κ1) is 27.7. The lowest BCUT2D eigenvalue weighted by atomic mass is 9.47. The molecule has 4 rings (SSSR count). The molecule has 0 amide bonds. The third kappa shape index (κ3) is 5.89. The van der Waals surface area contributed by atoms with Crippen LogP contribution in [0.5, 0.6) is 0 Å². The number of allylic oxidation sites excluding steroid dienone is 1. The summed E-state index contributed by atoms with van der Waals surface area (Å²) in [5.74, 6) is 5.57. The summed E-state index contributed by atoms with van der Waals surface area (Å²) >= 11 is 0. The highest BCUT2D eigenvalue weighted by Gasteiger charge is 2.59. The molecule has 2 N–H and O–H groups in total. The number of hydrogen-bond donors (Lipinski definition) is 1. The van der Waals surface area contributed by atoms with Crippen LogP contribution in [0.1, 0.15) is 131 Å². The van der Waals surface area contributed by atoms with Crippen LogP contribution < -0.4 is 5.73 Å². The third-order valence-corrected chi connectivity index (χ3v) is 11.7. The molecule has 0 bridgehead atoms. The molecule has 4 aliphatic carbocycles. The molecular weight excluding hydrogens is 426 g/mol. The van der Waals surface area contributed by atoms with E-state index < -0.39 is 0 Å². The molecule has 0 radical (unpaired) electrons. The van der Waals surface area contributed by atoms with E-state index in [2.05, 4.69) is 40.7 Å². The lowest BCUT2D eigenvalue weighted by Gasteiger charge is -2.58. The van der Waals surface area contributed by atoms with E-state index in [1.807, 2.05) is 0 Å². The fourth-order valence-electron chi connectivity index (χ4n) is 9.64. The van der Waals surface area contributed by atoms with Gasteiger partial charge in [-0.15, -0.1) is 0 Å². The topological polar surface area (TPSA) is 35.2 Å². The zero-order valence-electron chi connectivity index (χ0n) is 24.1. The van der Waals surface area contributed by atoms with Crippen molar-refractivity contribution in [3.8, 4) is 0 Å². The van der Waals surface area contributed by atoms with Crippen LogP contribution in [0.2, 0.25) is 0 Å². The van der Waals surface area contributed by atoms with Crippen molar-refractivity contribution >= 4 is 0 Å². The van der Waals surface area contributed by atoms with E-state index in [-0.39, 0.29) is 0 Å². The van der Waals surface area contributed by atoms with Gasteiger partial charge in [-0.3, -0.25) is 0 Å².